The van der Waals surface area contributed by atoms with Crippen molar-refractivity contribution in [2.45, 2.75) is 12.5 Å². The van der Waals surface area contributed by atoms with Crippen LogP contribution in [0.2, 0.25) is 0 Å². The molecule has 1 aromatic rings. The summed E-state index contributed by atoms with van der Waals surface area (Å²) in [5, 5.41) is 38.7. The molecule has 20 heavy (non-hydrogen) atoms. The van der Waals surface area contributed by atoms with E-state index in [2.05, 4.69) is 0 Å². The van der Waals surface area contributed by atoms with Crippen LogP contribution in [-0.2, 0) is 4.79 Å². The maximum atomic E-state index is 11.6. The SMILES string of the molecule is O=C(CC(O)C(=O)O)c1cc([N+](=O)[O-])cc([N+](=O)[O-])c1. The molecule has 1 atom stereocenters. The van der Waals surface area contributed by atoms with Gasteiger partial charge in [0.1, 0.15) is 0 Å². The lowest BCUT2D eigenvalue weighted by atomic mass is 10.0. The van der Waals surface area contributed by atoms with Crippen molar-refractivity contribution in [2.75, 3.05) is 0 Å². The van der Waals surface area contributed by atoms with Crippen molar-refractivity contribution in [3.63, 3.8) is 0 Å². The maximum absolute atomic E-state index is 11.6. The Hall–Kier alpha value is -2.88. The van der Waals surface area contributed by atoms with Crippen molar-refractivity contribution in [2.24, 2.45) is 0 Å². The smallest absolute Gasteiger partial charge is 0.332 e. The fourth-order valence-corrected chi connectivity index (χ4v) is 1.35. The van der Waals surface area contributed by atoms with Gasteiger partial charge < -0.3 is 10.2 Å². The third-order valence-electron chi connectivity index (χ3n) is 2.31. The number of hydrogen-bond acceptors (Lipinski definition) is 7. The number of benzene rings is 1. The molecule has 1 unspecified atom stereocenters. The van der Waals surface area contributed by atoms with Crippen LogP contribution in [0.1, 0.15) is 16.8 Å². The number of non-ortho nitro benzene ring substituents is 2. The monoisotopic (exact) mass is 284 g/mol. The van der Waals surface area contributed by atoms with Crippen molar-refractivity contribution >= 4 is 23.1 Å². The summed E-state index contributed by atoms with van der Waals surface area (Å²) < 4.78 is 0. The molecule has 10 nitrogen and oxygen atoms in total. The van der Waals surface area contributed by atoms with Gasteiger partial charge in [0.05, 0.1) is 15.9 Å². The van der Waals surface area contributed by atoms with Crippen LogP contribution >= 0.6 is 0 Å². The predicted molar refractivity (Wildman–Crippen MR) is 62.3 cm³/mol. The van der Waals surface area contributed by atoms with E-state index < -0.39 is 51.1 Å². The lowest BCUT2D eigenvalue weighted by Gasteiger charge is -2.04. The molecule has 0 saturated carbocycles. The van der Waals surface area contributed by atoms with Crippen LogP contribution in [0.3, 0.4) is 0 Å². The Bertz CT molecular complexity index is 565. The summed E-state index contributed by atoms with van der Waals surface area (Å²) in [6, 6.07) is 2.23. The largest absolute Gasteiger partial charge is 0.479 e. The standard InChI is InChI=1S/C10H8N2O8/c13-8(4-9(14)10(15)16)5-1-6(11(17)18)3-7(2-5)12(19)20/h1-3,9,14H,4H2,(H,15,16). The molecule has 1 rings (SSSR count). The highest BCUT2D eigenvalue weighted by molar-refractivity contribution is 5.99. The highest BCUT2D eigenvalue weighted by Gasteiger charge is 2.23. The molecule has 0 aliphatic rings. The molecule has 0 fully saturated rings. The first kappa shape index (κ1) is 15.2. The Morgan fingerprint density at radius 1 is 1.10 bits per heavy atom. The summed E-state index contributed by atoms with van der Waals surface area (Å²) in [4.78, 5) is 41.4. The van der Waals surface area contributed by atoms with Gasteiger partial charge in [-0.3, -0.25) is 25.0 Å². The minimum absolute atomic E-state index is 0.411. The average Bonchev–Trinajstić information content (AvgIpc) is 2.37. The van der Waals surface area contributed by atoms with Gasteiger partial charge in [-0.25, -0.2) is 4.79 Å². The molecule has 0 radical (unpaired) electrons. The third kappa shape index (κ3) is 3.55. The number of carbonyl (C=O) groups is 2. The quantitative estimate of drug-likeness (QED) is 0.434. The first-order valence-corrected chi connectivity index (χ1v) is 5.10. The van der Waals surface area contributed by atoms with Crippen LogP contribution in [0.4, 0.5) is 11.4 Å². The van der Waals surface area contributed by atoms with Gasteiger partial charge in [0, 0.05) is 24.1 Å². The van der Waals surface area contributed by atoms with Crippen LogP contribution in [0.15, 0.2) is 18.2 Å². The van der Waals surface area contributed by atoms with E-state index in [-0.39, 0.29) is 0 Å². The van der Waals surface area contributed by atoms with Crippen LogP contribution < -0.4 is 0 Å². The van der Waals surface area contributed by atoms with Gasteiger partial charge in [-0.15, -0.1) is 0 Å². The molecule has 0 heterocycles. The molecule has 106 valence electrons. The van der Waals surface area contributed by atoms with Gasteiger partial charge in [-0.2, -0.15) is 0 Å². The lowest BCUT2D eigenvalue weighted by molar-refractivity contribution is -0.394. The zero-order valence-corrected chi connectivity index (χ0v) is 9.75. The molecule has 10 heteroatoms. The van der Waals surface area contributed by atoms with Crippen molar-refractivity contribution in [1.29, 1.82) is 0 Å². The first-order chi connectivity index (χ1) is 9.22. The highest BCUT2D eigenvalue weighted by atomic mass is 16.6. The minimum Gasteiger partial charge on any atom is -0.479 e. The van der Waals surface area contributed by atoms with E-state index in [4.69, 9.17) is 10.2 Å². The summed E-state index contributed by atoms with van der Waals surface area (Å²) in [5.74, 6) is -2.59. The normalized spacial score (nSPS) is 11.7. The topological polar surface area (TPSA) is 161 Å². The number of aliphatic hydroxyl groups excluding tert-OH is 1. The van der Waals surface area contributed by atoms with Gasteiger partial charge in [0.25, 0.3) is 11.4 Å². The highest BCUT2D eigenvalue weighted by Crippen LogP contribution is 2.23. The number of aliphatic hydroxyl groups is 1. The summed E-state index contributed by atoms with van der Waals surface area (Å²) in [6.07, 6.45) is -2.82. The van der Waals surface area contributed by atoms with Crippen LogP contribution in [0.25, 0.3) is 0 Å². The van der Waals surface area contributed by atoms with Crippen LogP contribution in [0.5, 0.6) is 0 Å². The Kier molecular flexibility index (Phi) is 4.43. The Morgan fingerprint density at radius 3 is 1.90 bits per heavy atom. The van der Waals surface area contributed by atoms with Crippen molar-refractivity contribution < 1.29 is 29.6 Å². The molecule has 0 aliphatic carbocycles. The molecule has 0 amide bonds. The number of rotatable bonds is 6. The number of nitro benzene ring substituents is 2. The molecule has 2 N–H and O–H groups in total. The number of carbonyl (C=O) groups excluding carboxylic acids is 1. The molecule has 0 bridgehead atoms. The second kappa shape index (κ2) is 5.84. The van der Waals surface area contributed by atoms with E-state index in [1.807, 2.05) is 0 Å². The van der Waals surface area contributed by atoms with Crippen LogP contribution in [0, 0.1) is 20.2 Å². The number of aliphatic carboxylic acids is 1. The summed E-state index contributed by atoms with van der Waals surface area (Å²) in [6.45, 7) is 0. The first-order valence-electron chi connectivity index (χ1n) is 5.10. The fraction of sp³-hybridized carbons (Fsp3) is 0.200. The Morgan fingerprint density at radius 2 is 1.55 bits per heavy atom. The Labute approximate surface area is 110 Å². The van der Waals surface area contributed by atoms with Gasteiger partial charge >= 0.3 is 5.97 Å². The number of Topliss-reactive ketones (excluding diaryl/α,β-unsaturated/α-hetero) is 1. The number of carboxylic acids is 1. The van der Waals surface area contributed by atoms with Gasteiger partial charge in [0.15, 0.2) is 11.9 Å². The van der Waals surface area contributed by atoms with Gasteiger partial charge in [-0.05, 0) is 0 Å². The lowest BCUT2D eigenvalue weighted by Crippen LogP contribution is -2.23. The number of hydrogen-bond donors (Lipinski definition) is 2. The van der Waals surface area contributed by atoms with Gasteiger partial charge in [-0.1, -0.05) is 0 Å². The molecule has 0 saturated heterocycles. The van der Waals surface area contributed by atoms with Gasteiger partial charge in [0.2, 0.25) is 0 Å². The molecular weight excluding hydrogens is 276 g/mol. The van der Waals surface area contributed by atoms with E-state index in [1.54, 1.807) is 0 Å². The average molecular weight is 284 g/mol. The Balaban J connectivity index is 3.16. The minimum atomic E-state index is -1.99. The molecule has 1 aromatic carbocycles. The van der Waals surface area contributed by atoms with Crippen molar-refractivity contribution in [1.82, 2.24) is 0 Å². The van der Waals surface area contributed by atoms with E-state index >= 15 is 0 Å². The summed E-state index contributed by atoms with van der Waals surface area (Å²) in [7, 11) is 0. The molecule has 0 spiro atoms. The van der Waals surface area contributed by atoms with Crippen molar-refractivity contribution in [3.05, 3.63) is 44.0 Å². The zero-order chi connectivity index (χ0) is 15.4. The second-order valence-electron chi connectivity index (χ2n) is 3.73. The number of carboxylic acid groups (broad SMARTS) is 1. The van der Waals surface area contributed by atoms with E-state index in [1.165, 1.54) is 0 Å². The van der Waals surface area contributed by atoms with E-state index in [0.29, 0.717) is 6.07 Å². The second-order valence-corrected chi connectivity index (χ2v) is 3.73. The van der Waals surface area contributed by atoms with Crippen LogP contribution in [-0.4, -0.2) is 37.9 Å². The third-order valence-corrected chi connectivity index (χ3v) is 2.31. The number of nitrogens with zero attached hydrogens (tertiary/aromatic N) is 2. The summed E-state index contributed by atoms with van der Waals surface area (Å²) in [5.41, 5.74) is -1.76. The fourth-order valence-electron chi connectivity index (χ4n) is 1.35. The summed E-state index contributed by atoms with van der Waals surface area (Å²) >= 11 is 0. The maximum Gasteiger partial charge on any atom is 0.332 e. The molecular formula is C10H8N2O8. The molecule has 0 aliphatic heterocycles. The number of ketones is 1. The van der Waals surface area contributed by atoms with E-state index in [9.17, 15) is 29.8 Å². The number of nitro groups is 2. The van der Waals surface area contributed by atoms with E-state index in [0.717, 1.165) is 12.1 Å². The van der Waals surface area contributed by atoms with Crippen molar-refractivity contribution in [3.8, 4) is 0 Å². The molecule has 0 aromatic heterocycles. The zero-order valence-electron chi connectivity index (χ0n) is 9.75. The predicted octanol–water partition coefficient (Wildman–Crippen LogP) is 0.521.